The van der Waals surface area contributed by atoms with Crippen molar-refractivity contribution >= 4 is 0 Å². The minimum Gasteiger partial charge on any atom is -0.396 e. The van der Waals surface area contributed by atoms with Crippen LogP contribution in [-0.4, -0.2) is 139 Å². The van der Waals surface area contributed by atoms with Gasteiger partial charge in [0, 0.05) is 16.2 Å². The molecule has 0 radical (unpaired) electrons. The molecule has 19 atom stereocenters. The number of hydrogen-bond donors (Lipinski definition) is 9. The molecule has 7 rings (SSSR count). The minimum absolute atomic E-state index is 0.0364. The Morgan fingerprint density at radius 2 is 1.44 bits per heavy atom. The van der Waals surface area contributed by atoms with Crippen LogP contribution in [0.4, 0.5) is 0 Å². The predicted molar refractivity (Wildman–Crippen MR) is 199 cm³/mol. The van der Waals surface area contributed by atoms with E-state index < -0.39 is 96.5 Å². The van der Waals surface area contributed by atoms with Crippen LogP contribution in [-0.2, 0) is 18.9 Å². The minimum atomic E-state index is -1.74. The van der Waals surface area contributed by atoms with E-state index in [9.17, 15) is 46.0 Å². The van der Waals surface area contributed by atoms with Crippen LogP contribution >= 0.6 is 0 Å². The van der Waals surface area contributed by atoms with Gasteiger partial charge in [-0.25, -0.2) is 0 Å². The van der Waals surface area contributed by atoms with Gasteiger partial charge in [-0.05, 0) is 91.9 Å². The number of rotatable bonds is 7. The highest BCUT2D eigenvalue weighted by Gasteiger charge is 2.69. The zero-order valence-corrected chi connectivity index (χ0v) is 33.7. The number of aliphatic hydroxyl groups is 9. The lowest BCUT2D eigenvalue weighted by Crippen LogP contribution is -2.66. The molecule has 13 nitrogen and oxygen atoms in total. The smallest absolute Gasteiger partial charge is 0.187 e. The molecule has 0 aromatic rings. The van der Waals surface area contributed by atoms with Gasteiger partial charge in [-0.3, -0.25) is 0 Å². The largest absolute Gasteiger partial charge is 0.396 e. The van der Waals surface area contributed by atoms with Crippen molar-refractivity contribution in [1.82, 2.24) is 0 Å². The molecule has 0 spiro atoms. The molecule has 7 aliphatic rings. The SMILES string of the molecule is C[C@@H]1O[C@@H](O[C@H]2C[C@]3(C)C(=C4CC(C)(C)CCC42CO)C=CC2[C@@]4(C)CC[C@H](O)C(C)(CO)C4CC[C@]23C)[C@@H](O)[C@H](O[C@@H]2O[C@H](CO)[C@@H](O)[C@H](O)[C@H]2O)[C@@H]1O. The standard InChI is InChI=1S/C42H68O13/c1-21-29(47)34(55-35-32(50)31(49)30(48)24(18-43)53-35)33(51)36(52-21)54-28-17-41(7)22(23-16-37(2,3)14-15-42(23,28)20-45)8-9-26-38(4)12-11-27(46)39(5,19-44)25(38)10-13-40(26,41)6/h8-9,21,24-36,43-51H,10-20H2,1-7H3/t21-,24+,25?,26?,27-,28-,29+,30+,31-,32+,33-,34+,35-,36-,38-,39?,40+,41+,42?/m0/s1. The van der Waals surface area contributed by atoms with E-state index in [1.807, 2.05) is 6.92 Å². The Morgan fingerprint density at radius 3 is 2.09 bits per heavy atom. The summed E-state index contributed by atoms with van der Waals surface area (Å²) in [5, 5.41) is 97.7. The summed E-state index contributed by atoms with van der Waals surface area (Å²) >= 11 is 0. The summed E-state index contributed by atoms with van der Waals surface area (Å²) in [5.41, 5.74) is 0.108. The Balaban J connectivity index is 1.25. The first-order chi connectivity index (χ1) is 25.7. The lowest BCUT2D eigenvalue weighted by molar-refractivity contribution is -0.365. The summed E-state index contributed by atoms with van der Waals surface area (Å²) in [6.07, 6.45) is -5.03. The van der Waals surface area contributed by atoms with Crippen LogP contribution in [0.15, 0.2) is 23.3 Å². The van der Waals surface area contributed by atoms with Crippen molar-refractivity contribution in [2.24, 2.45) is 44.3 Å². The van der Waals surface area contributed by atoms with Gasteiger partial charge in [0.1, 0.15) is 42.7 Å². The van der Waals surface area contributed by atoms with Gasteiger partial charge in [-0.2, -0.15) is 0 Å². The van der Waals surface area contributed by atoms with Crippen LogP contribution in [0.2, 0.25) is 0 Å². The van der Waals surface area contributed by atoms with Gasteiger partial charge in [-0.15, -0.1) is 0 Å². The molecule has 5 fully saturated rings. The molecule has 9 N–H and O–H groups in total. The molecule has 13 heteroatoms. The van der Waals surface area contributed by atoms with Crippen LogP contribution in [0.5, 0.6) is 0 Å². The van der Waals surface area contributed by atoms with E-state index >= 15 is 0 Å². The second-order valence-electron chi connectivity index (χ2n) is 20.3. The Kier molecular flexibility index (Phi) is 11.0. The van der Waals surface area contributed by atoms with Gasteiger partial charge in [0.15, 0.2) is 12.6 Å². The van der Waals surface area contributed by atoms with Gasteiger partial charge in [0.05, 0.1) is 38.1 Å². The number of hydrogen-bond acceptors (Lipinski definition) is 13. The third-order valence-electron chi connectivity index (χ3n) is 16.9. The molecular weight excluding hydrogens is 712 g/mol. The third kappa shape index (κ3) is 6.12. The summed E-state index contributed by atoms with van der Waals surface area (Å²) in [7, 11) is 0. The average Bonchev–Trinajstić information content (AvgIpc) is 3.14. The molecule has 2 aliphatic heterocycles. The quantitative estimate of drug-likeness (QED) is 0.180. The predicted octanol–water partition coefficient (Wildman–Crippen LogP) is 1.68. The molecule has 0 aromatic heterocycles. The zero-order chi connectivity index (χ0) is 40.3. The van der Waals surface area contributed by atoms with E-state index in [0.29, 0.717) is 19.3 Å². The van der Waals surface area contributed by atoms with Crippen molar-refractivity contribution in [3.05, 3.63) is 23.3 Å². The van der Waals surface area contributed by atoms with E-state index in [0.717, 1.165) is 32.1 Å². The number of aliphatic hydroxyl groups excluding tert-OH is 9. The Hall–Kier alpha value is -1.04. The number of ether oxygens (including phenoxy) is 4. The highest BCUT2D eigenvalue weighted by Crippen LogP contribution is 2.74. The highest BCUT2D eigenvalue weighted by molar-refractivity contribution is 5.47. The lowest BCUT2D eigenvalue weighted by atomic mass is 9.35. The lowest BCUT2D eigenvalue weighted by Gasteiger charge is -2.70. The van der Waals surface area contributed by atoms with Gasteiger partial charge < -0.3 is 64.9 Å². The second kappa shape index (κ2) is 14.3. The van der Waals surface area contributed by atoms with Crippen LogP contribution in [0.3, 0.4) is 0 Å². The summed E-state index contributed by atoms with van der Waals surface area (Å²) in [6.45, 7) is 14.3. The maximum absolute atomic E-state index is 11.9. The summed E-state index contributed by atoms with van der Waals surface area (Å²) in [6, 6.07) is 0. The molecule has 2 heterocycles. The highest BCUT2D eigenvalue weighted by atomic mass is 16.7. The van der Waals surface area contributed by atoms with Crippen molar-refractivity contribution in [2.45, 2.75) is 173 Å². The monoisotopic (exact) mass is 780 g/mol. The van der Waals surface area contributed by atoms with Gasteiger partial charge >= 0.3 is 0 Å². The summed E-state index contributed by atoms with van der Waals surface area (Å²) < 4.78 is 24.7. The maximum atomic E-state index is 11.9. The Bertz CT molecular complexity index is 1500. The molecule has 0 aromatic carbocycles. The Labute approximate surface area is 325 Å². The first-order valence-electron chi connectivity index (χ1n) is 20.6. The molecule has 2 saturated heterocycles. The van der Waals surface area contributed by atoms with Gasteiger partial charge in [-0.1, -0.05) is 59.3 Å². The van der Waals surface area contributed by atoms with Crippen LogP contribution in [0, 0.1) is 44.3 Å². The fourth-order valence-corrected chi connectivity index (χ4v) is 13.0. The molecule has 0 bridgehead atoms. The summed E-state index contributed by atoms with van der Waals surface area (Å²) in [5.74, 6) is 0.253. The molecule has 0 amide bonds. The molecule has 314 valence electrons. The third-order valence-corrected chi connectivity index (χ3v) is 16.9. The van der Waals surface area contributed by atoms with E-state index in [-0.39, 0.29) is 41.3 Å². The van der Waals surface area contributed by atoms with Crippen LogP contribution in [0.25, 0.3) is 0 Å². The first-order valence-corrected chi connectivity index (χ1v) is 20.6. The molecule has 3 saturated carbocycles. The van der Waals surface area contributed by atoms with Gasteiger partial charge in [0.25, 0.3) is 0 Å². The number of fused-ring (bicyclic) bond motifs is 6. The second-order valence-corrected chi connectivity index (χ2v) is 20.3. The van der Waals surface area contributed by atoms with E-state index in [4.69, 9.17) is 18.9 Å². The Morgan fingerprint density at radius 1 is 0.745 bits per heavy atom. The van der Waals surface area contributed by atoms with Crippen molar-refractivity contribution in [1.29, 1.82) is 0 Å². The fraction of sp³-hybridized carbons (Fsp3) is 0.905. The van der Waals surface area contributed by atoms with Crippen molar-refractivity contribution in [2.75, 3.05) is 19.8 Å². The van der Waals surface area contributed by atoms with Crippen LogP contribution in [0.1, 0.15) is 99.8 Å². The first kappa shape index (κ1) is 42.1. The molecule has 5 aliphatic carbocycles. The maximum Gasteiger partial charge on any atom is 0.187 e. The topological polar surface area (TPSA) is 219 Å². The number of allylic oxidation sites excluding steroid dienone is 3. The van der Waals surface area contributed by atoms with Gasteiger partial charge in [0.2, 0.25) is 0 Å². The zero-order valence-electron chi connectivity index (χ0n) is 33.7. The normalized spacial score (nSPS) is 54.9. The van der Waals surface area contributed by atoms with Crippen molar-refractivity contribution in [3.63, 3.8) is 0 Å². The van der Waals surface area contributed by atoms with Crippen molar-refractivity contribution in [3.8, 4) is 0 Å². The van der Waals surface area contributed by atoms with E-state index in [1.54, 1.807) is 6.92 Å². The van der Waals surface area contributed by atoms with E-state index in [1.165, 1.54) is 11.1 Å². The molecular formula is C42H68O13. The average molecular weight is 781 g/mol. The van der Waals surface area contributed by atoms with E-state index in [2.05, 4.69) is 46.8 Å². The summed E-state index contributed by atoms with van der Waals surface area (Å²) in [4.78, 5) is 0. The fourth-order valence-electron chi connectivity index (χ4n) is 13.0. The molecule has 4 unspecified atom stereocenters. The molecule has 55 heavy (non-hydrogen) atoms. The van der Waals surface area contributed by atoms with Crippen LogP contribution < -0.4 is 0 Å². The van der Waals surface area contributed by atoms with Crippen molar-refractivity contribution < 1.29 is 64.9 Å².